The van der Waals surface area contributed by atoms with E-state index in [4.69, 9.17) is 4.74 Å². The van der Waals surface area contributed by atoms with Gasteiger partial charge in [-0.15, -0.1) is 0 Å². The number of aryl methyl sites for hydroxylation is 1. The van der Waals surface area contributed by atoms with Gasteiger partial charge >= 0.3 is 0 Å². The number of ether oxygens (including phenoxy) is 1. The summed E-state index contributed by atoms with van der Waals surface area (Å²) in [6.07, 6.45) is 4.03. The number of hydrogen-bond acceptors (Lipinski definition) is 2. The lowest BCUT2D eigenvalue weighted by Crippen LogP contribution is -2.07. The van der Waals surface area contributed by atoms with Gasteiger partial charge in [0.1, 0.15) is 11.5 Å². The van der Waals surface area contributed by atoms with Crippen LogP contribution in [0.25, 0.3) is 5.57 Å². The van der Waals surface area contributed by atoms with Crippen LogP contribution in [0.2, 0.25) is 0 Å². The Kier molecular flexibility index (Phi) is 7.18. The molecule has 2 nitrogen and oxygen atoms in total. The smallest absolute Gasteiger partial charge is 0.159 e. The summed E-state index contributed by atoms with van der Waals surface area (Å²) >= 11 is 0. The maximum absolute atomic E-state index is 11.2. The number of hydrogen-bond donors (Lipinski definition) is 0. The van der Waals surface area contributed by atoms with E-state index in [1.54, 1.807) is 6.08 Å². The summed E-state index contributed by atoms with van der Waals surface area (Å²) in [6.45, 7) is 6.12. The summed E-state index contributed by atoms with van der Waals surface area (Å²) in [6, 6.07) is 28.3. The molecular formula is C27H26O2. The summed E-state index contributed by atoms with van der Waals surface area (Å²) in [5.41, 5.74) is 4.60. The number of rotatable bonds is 4. The zero-order valence-electron chi connectivity index (χ0n) is 16.8. The molecule has 1 aliphatic rings. The molecule has 0 saturated heterocycles. The van der Waals surface area contributed by atoms with Gasteiger partial charge in [0.05, 0.1) is 0 Å². The van der Waals surface area contributed by atoms with Crippen molar-refractivity contribution in [3.8, 4) is 5.75 Å². The maximum Gasteiger partial charge on any atom is 0.159 e. The van der Waals surface area contributed by atoms with E-state index < -0.39 is 0 Å². The molecule has 0 bridgehead atoms. The van der Waals surface area contributed by atoms with Crippen LogP contribution in [0.3, 0.4) is 0 Å². The number of benzene rings is 3. The van der Waals surface area contributed by atoms with Crippen molar-refractivity contribution in [1.82, 2.24) is 0 Å². The van der Waals surface area contributed by atoms with E-state index in [9.17, 15) is 4.79 Å². The molecule has 0 radical (unpaired) electrons. The molecule has 2 heteroatoms. The molecule has 1 aliphatic carbocycles. The van der Waals surface area contributed by atoms with Crippen LogP contribution in [0.1, 0.15) is 36.0 Å². The SMILES string of the molecule is C=C(c1ccccc1)c1ccccc1.Cc1cccc(OC2=CC(=O)CCC2)c1. The van der Waals surface area contributed by atoms with Gasteiger partial charge in [0.25, 0.3) is 0 Å². The highest BCUT2D eigenvalue weighted by Gasteiger charge is 2.11. The summed E-state index contributed by atoms with van der Waals surface area (Å²) in [5, 5.41) is 0. The van der Waals surface area contributed by atoms with E-state index in [0.717, 1.165) is 35.5 Å². The molecule has 0 unspecified atom stereocenters. The molecule has 3 aromatic rings. The summed E-state index contributed by atoms with van der Waals surface area (Å²) in [7, 11) is 0. The molecule has 4 rings (SSSR count). The third kappa shape index (κ3) is 6.32. The highest BCUT2D eigenvalue weighted by Crippen LogP contribution is 2.22. The first-order valence-corrected chi connectivity index (χ1v) is 9.89. The minimum atomic E-state index is 0.170. The second kappa shape index (κ2) is 10.2. The Morgan fingerprint density at radius 3 is 2.00 bits per heavy atom. The van der Waals surface area contributed by atoms with Crippen LogP contribution < -0.4 is 4.74 Å². The van der Waals surface area contributed by atoms with Crippen LogP contribution in [0.4, 0.5) is 0 Å². The van der Waals surface area contributed by atoms with E-state index in [1.807, 2.05) is 67.6 Å². The Morgan fingerprint density at radius 1 is 0.828 bits per heavy atom. The average molecular weight is 383 g/mol. The second-order valence-electron chi connectivity index (χ2n) is 7.06. The molecule has 0 atom stereocenters. The Balaban J connectivity index is 0.000000166. The normalized spacial score (nSPS) is 13.0. The van der Waals surface area contributed by atoms with Gasteiger partial charge in [-0.25, -0.2) is 0 Å². The first-order chi connectivity index (χ1) is 14.1. The molecular weight excluding hydrogens is 356 g/mol. The molecule has 0 heterocycles. The fourth-order valence-corrected chi connectivity index (χ4v) is 3.12. The third-order valence-corrected chi connectivity index (χ3v) is 4.65. The van der Waals surface area contributed by atoms with E-state index in [-0.39, 0.29) is 5.78 Å². The molecule has 0 aromatic heterocycles. The van der Waals surface area contributed by atoms with Crippen LogP contribution in [0.5, 0.6) is 5.75 Å². The number of carbonyl (C=O) groups excluding carboxylic acids is 1. The number of allylic oxidation sites excluding steroid dienone is 2. The van der Waals surface area contributed by atoms with Gasteiger partial charge in [-0.3, -0.25) is 4.79 Å². The first-order valence-electron chi connectivity index (χ1n) is 9.89. The van der Waals surface area contributed by atoms with E-state index in [1.165, 1.54) is 11.1 Å². The maximum atomic E-state index is 11.2. The lowest BCUT2D eigenvalue weighted by Gasteiger charge is -2.13. The van der Waals surface area contributed by atoms with E-state index in [0.29, 0.717) is 6.42 Å². The first kappa shape index (κ1) is 20.3. The fourth-order valence-electron chi connectivity index (χ4n) is 3.12. The van der Waals surface area contributed by atoms with Crippen molar-refractivity contribution in [1.29, 1.82) is 0 Å². The summed E-state index contributed by atoms with van der Waals surface area (Å²) in [4.78, 5) is 11.2. The molecule has 0 amide bonds. The summed E-state index contributed by atoms with van der Waals surface area (Å²) < 4.78 is 5.65. The molecule has 29 heavy (non-hydrogen) atoms. The van der Waals surface area contributed by atoms with Crippen molar-refractivity contribution in [2.24, 2.45) is 0 Å². The monoisotopic (exact) mass is 382 g/mol. The topological polar surface area (TPSA) is 26.3 Å². The molecule has 0 aliphatic heterocycles. The van der Waals surface area contributed by atoms with Gasteiger partial charge < -0.3 is 4.74 Å². The van der Waals surface area contributed by atoms with Crippen molar-refractivity contribution < 1.29 is 9.53 Å². The van der Waals surface area contributed by atoms with Crippen molar-refractivity contribution in [3.05, 3.63) is 120 Å². The van der Waals surface area contributed by atoms with Gasteiger partial charge in [-0.1, -0.05) is 79.4 Å². The van der Waals surface area contributed by atoms with Gasteiger partial charge in [-0.05, 0) is 47.7 Å². The quantitative estimate of drug-likeness (QED) is 0.498. The molecule has 0 saturated carbocycles. The Hall–Kier alpha value is -3.39. The van der Waals surface area contributed by atoms with Crippen LogP contribution in [0.15, 0.2) is 103 Å². The zero-order valence-corrected chi connectivity index (χ0v) is 16.8. The van der Waals surface area contributed by atoms with Gasteiger partial charge in [0.2, 0.25) is 0 Å². The molecule has 3 aromatic carbocycles. The highest BCUT2D eigenvalue weighted by molar-refractivity contribution is 5.90. The van der Waals surface area contributed by atoms with Crippen molar-refractivity contribution in [2.45, 2.75) is 26.2 Å². The standard InChI is InChI=1S/C14H12.C13H14O2/c1-12(13-8-4-2-5-9-13)14-10-6-3-7-11-14;1-10-4-2-6-12(8-10)15-13-7-3-5-11(14)9-13/h2-11H,1H2;2,4,6,8-9H,3,5,7H2,1H3. The number of carbonyl (C=O) groups is 1. The Morgan fingerprint density at radius 2 is 1.45 bits per heavy atom. The Bertz CT molecular complexity index is 944. The second-order valence-corrected chi connectivity index (χ2v) is 7.06. The van der Waals surface area contributed by atoms with Crippen LogP contribution in [-0.2, 0) is 4.79 Å². The van der Waals surface area contributed by atoms with Crippen LogP contribution >= 0.6 is 0 Å². The zero-order chi connectivity index (χ0) is 20.5. The van der Waals surface area contributed by atoms with Gasteiger partial charge in [0.15, 0.2) is 5.78 Å². The fraction of sp³-hybridized carbons (Fsp3) is 0.148. The van der Waals surface area contributed by atoms with Gasteiger partial charge in [-0.2, -0.15) is 0 Å². The lowest BCUT2D eigenvalue weighted by molar-refractivity contribution is -0.115. The third-order valence-electron chi connectivity index (χ3n) is 4.65. The van der Waals surface area contributed by atoms with Crippen LogP contribution in [0, 0.1) is 6.92 Å². The van der Waals surface area contributed by atoms with Crippen molar-refractivity contribution in [3.63, 3.8) is 0 Å². The number of ketones is 1. The largest absolute Gasteiger partial charge is 0.462 e. The molecule has 0 N–H and O–H groups in total. The predicted molar refractivity (Wildman–Crippen MR) is 120 cm³/mol. The highest BCUT2D eigenvalue weighted by atomic mass is 16.5. The lowest BCUT2D eigenvalue weighted by atomic mass is 10.0. The minimum absolute atomic E-state index is 0.170. The van der Waals surface area contributed by atoms with Gasteiger partial charge in [0, 0.05) is 18.9 Å². The Labute approximate surface area is 173 Å². The minimum Gasteiger partial charge on any atom is -0.462 e. The predicted octanol–water partition coefficient (Wildman–Crippen LogP) is 6.76. The molecule has 0 spiro atoms. The van der Waals surface area contributed by atoms with E-state index >= 15 is 0 Å². The van der Waals surface area contributed by atoms with Crippen molar-refractivity contribution in [2.75, 3.05) is 0 Å². The molecule has 146 valence electrons. The average Bonchev–Trinajstić information content (AvgIpc) is 2.75. The van der Waals surface area contributed by atoms with Crippen molar-refractivity contribution >= 4 is 11.4 Å². The molecule has 0 fully saturated rings. The summed E-state index contributed by atoms with van der Waals surface area (Å²) in [5.74, 6) is 1.77. The van der Waals surface area contributed by atoms with Crippen LogP contribution in [-0.4, -0.2) is 5.78 Å². The van der Waals surface area contributed by atoms with E-state index in [2.05, 4.69) is 30.8 Å².